The quantitative estimate of drug-likeness (QED) is 0.844. The van der Waals surface area contributed by atoms with Crippen LogP contribution in [-0.4, -0.2) is 24.6 Å². The molecule has 5 heteroatoms. The number of anilines is 2. The van der Waals surface area contributed by atoms with Gasteiger partial charge in [-0.1, -0.05) is 24.3 Å². The van der Waals surface area contributed by atoms with Crippen LogP contribution in [0, 0.1) is 6.92 Å². The zero-order valence-electron chi connectivity index (χ0n) is 16.2. The normalized spacial score (nSPS) is 11.0. The van der Waals surface area contributed by atoms with Gasteiger partial charge in [-0.25, -0.2) is 4.79 Å². The maximum atomic E-state index is 12.4. The largest absolute Gasteiger partial charge is 0.443 e. The lowest BCUT2D eigenvalue weighted by atomic mass is 10.0. The van der Waals surface area contributed by atoms with Crippen LogP contribution in [0.2, 0.25) is 0 Å². The Hall–Kier alpha value is -2.82. The second kappa shape index (κ2) is 7.60. The van der Waals surface area contributed by atoms with Crippen LogP contribution < -0.4 is 10.2 Å². The van der Waals surface area contributed by atoms with Crippen LogP contribution in [0.1, 0.15) is 33.3 Å². The van der Waals surface area contributed by atoms with E-state index in [0.29, 0.717) is 0 Å². The zero-order chi connectivity index (χ0) is 19.5. The second-order valence-electron chi connectivity index (χ2n) is 7.32. The van der Waals surface area contributed by atoms with Gasteiger partial charge < -0.3 is 10.1 Å². The zero-order valence-corrected chi connectivity index (χ0v) is 16.2. The number of benzene rings is 2. The number of nitrogens with zero attached hydrogens (tertiary/aromatic N) is 1. The minimum absolute atomic E-state index is 0.129. The number of rotatable bonds is 3. The van der Waals surface area contributed by atoms with E-state index in [1.165, 1.54) is 11.8 Å². The molecule has 0 heterocycles. The fraction of sp³-hybridized carbons (Fsp3) is 0.333. The van der Waals surface area contributed by atoms with Crippen molar-refractivity contribution in [3.8, 4) is 11.1 Å². The fourth-order valence-electron chi connectivity index (χ4n) is 2.58. The molecule has 0 aliphatic rings. The fourth-order valence-corrected chi connectivity index (χ4v) is 2.58. The molecule has 0 fully saturated rings. The highest BCUT2D eigenvalue weighted by Crippen LogP contribution is 2.32. The van der Waals surface area contributed by atoms with Gasteiger partial charge in [-0.2, -0.15) is 0 Å². The number of ether oxygens (including phenoxy) is 1. The number of carbonyl (C=O) groups excluding carboxylic acids is 2. The lowest BCUT2D eigenvalue weighted by molar-refractivity contribution is -0.114. The number of carbonyl (C=O) groups is 2. The average Bonchev–Trinajstić information content (AvgIpc) is 2.51. The van der Waals surface area contributed by atoms with Crippen LogP contribution in [0.3, 0.4) is 0 Å². The van der Waals surface area contributed by atoms with Crippen LogP contribution in [0.5, 0.6) is 0 Å². The molecule has 2 amide bonds. The summed E-state index contributed by atoms with van der Waals surface area (Å²) in [7, 11) is 1.69. The molecule has 26 heavy (non-hydrogen) atoms. The standard InChI is InChI=1S/C21H26N2O3/c1-14-11-16(18-9-7-8-10-19(18)22-15(2)24)13-17(12-14)23(6)20(25)26-21(3,4)5/h7-13H,1-6H3,(H,22,24). The molecule has 2 aromatic carbocycles. The summed E-state index contributed by atoms with van der Waals surface area (Å²) in [6.45, 7) is 8.96. The molecule has 138 valence electrons. The van der Waals surface area contributed by atoms with Crippen molar-refractivity contribution in [2.75, 3.05) is 17.3 Å². The lowest BCUT2D eigenvalue weighted by Crippen LogP contribution is -2.34. The van der Waals surface area contributed by atoms with Gasteiger partial charge in [0.05, 0.1) is 0 Å². The summed E-state index contributed by atoms with van der Waals surface area (Å²) in [4.78, 5) is 25.3. The smallest absolute Gasteiger partial charge is 0.414 e. The Morgan fingerprint density at radius 2 is 1.73 bits per heavy atom. The molecule has 0 aliphatic carbocycles. The molecule has 0 atom stereocenters. The summed E-state index contributed by atoms with van der Waals surface area (Å²) in [5, 5.41) is 2.85. The Labute approximate surface area is 155 Å². The predicted octanol–water partition coefficient (Wildman–Crippen LogP) is 4.99. The number of hydrogen-bond acceptors (Lipinski definition) is 3. The van der Waals surface area contributed by atoms with Gasteiger partial charge in [-0.3, -0.25) is 9.69 Å². The molecule has 0 spiro atoms. The average molecular weight is 354 g/mol. The van der Waals surface area contributed by atoms with Gasteiger partial charge in [-0.05, 0) is 57.0 Å². The van der Waals surface area contributed by atoms with Gasteiger partial charge in [0.2, 0.25) is 5.91 Å². The van der Waals surface area contributed by atoms with E-state index in [1.807, 2.05) is 70.2 Å². The third-order valence-electron chi connectivity index (χ3n) is 3.67. The number of nitrogens with one attached hydrogen (secondary N) is 1. The van der Waals surface area contributed by atoms with Gasteiger partial charge in [-0.15, -0.1) is 0 Å². The summed E-state index contributed by atoms with van der Waals surface area (Å²) in [6, 6.07) is 13.4. The van der Waals surface area contributed by atoms with E-state index in [1.54, 1.807) is 7.05 Å². The Kier molecular flexibility index (Phi) is 5.70. The number of aryl methyl sites for hydroxylation is 1. The first-order chi connectivity index (χ1) is 12.1. The molecule has 0 saturated carbocycles. The summed E-state index contributed by atoms with van der Waals surface area (Å²) < 4.78 is 5.45. The van der Waals surface area contributed by atoms with Crippen LogP contribution in [0.15, 0.2) is 42.5 Å². The Morgan fingerprint density at radius 3 is 2.35 bits per heavy atom. The van der Waals surface area contributed by atoms with Crippen molar-refractivity contribution in [1.82, 2.24) is 0 Å². The van der Waals surface area contributed by atoms with Crippen LogP contribution in [0.4, 0.5) is 16.2 Å². The molecular weight excluding hydrogens is 328 g/mol. The monoisotopic (exact) mass is 354 g/mol. The molecule has 5 nitrogen and oxygen atoms in total. The lowest BCUT2D eigenvalue weighted by Gasteiger charge is -2.25. The van der Waals surface area contributed by atoms with E-state index in [-0.39, 0.29) is 5.91 Å². The van der Waals surface area contributed by atoms with Gasteiger partial charge in [0.15, 0.2) is 0 Å². The molecule has 1 N–H and O–H groups in total. The highest BCUT2D eigenvalue weighted by Gasteiger charge is 2.21. The molecule has 0 radical (unpaired) electrons. The Balaban J connectivity index is 2.42. The predicted molar refractivity (Wildman–Crippen MR) is 106 cm³/mol. The summed E-state index contributed by atoms with van der Waals surface area (Å²) in [6.07, 6.45) is -0.413. The summed E-state index contributed by atoms with van der Waals surface area (Å²) in [5.74, 6) is -0.129. The highest BCUT2D eigenvalue weighted by atomic mass is 16.6. The van der Waals surface area contributed by atoms with E-state index in [4.69, 9.17) is 4.74 Å². The SMILES string of the molecule is CC(=O)Nc1ccccc1-c1cc(C)cc(N(C)C(=O)OC(C)(C)C)c1. The number of amides is 2. The molecule has 0 saturated heterocycles. The third kappa shape index (κ3) is 5.09. The molecule has 2 aromatic rings. The second-order valence-corrected chi connectivity index (χ2v) is 7.32. The highest BCUT2D eigenvalue weighted by molar-refractivity contribution is 5.95. The van der Waals surface area contributed by atoms with Crippen molar-refractivity contribution < 1.29 is 14.3 Å². The molecule has 0 aliphatic heterocycles. The first-order valence-electron chi connectivity index (χ1n) is 8.52. The summed E-state index contributed by atoms with van der Waals surface area (Å²) in [5.41, 5.74) is 3.72. The van der Waals surface area contributed by atoms with Crippen molar-refractivity contribution in [3.63, 3.8) is 0 Å². The van der Waals surface area contributed by atoms with Crippen molar-refractivity contribution in [2.24, 2.45) is 0 Å². The first kappa shape index (κ1) is 19.5. The van der Waals surface area contributed by atoms with Gasteiger partial charge in [0, 0.05) is 30.9 Å². The minimum Gasteiger partial charge on any atom is -0.443 e. The molecule has 0 aromatic heterocycles. The van der Waals surface area contributed by atoms with Crippen LogP contribution >= 0.6 is 0 Å². The topological polar surface area (TPSA) is 58.6 Å². The van der Waals surface area contributed by atoms with Crippen LogP contribution in [-0.2, 0) is 9.53 Å². The van der Waals surface area contributed by atoms with Gasteiger partial charge in [0.1, 0.15) is 5.60 Å². The number of para-hydroxylation sites is 1. The maximum Gasteiger partial charge on any atom is 0.414 e. The van der Waals surface area contributed by atoms with Crippen molar-refractivity contribution >= 4 is 23.4 Å². The summed E-state index contributed by atoms with van der Waals surface area (Å²) >= 11 is 0. The van der Waals surface area contributed by atoms with Gasteiger partial charge >= 0.3 is 6.09 Å². The third-order valence-corrected chi connectivity index (χ3v) is 3.67. The molecular formula is C21H26N2O3. The van der Waals surface area contributed by atoms with Crippen molar-refractivity contribution in [3.05, 3.63) is 48.0 Å². The van der Waals surface area contributed by atoms with E-state index in [0.717, 1.165) is 28.1 Å². The van der Waals surface area contributed by atoms with Crippen molar-refractivity contribution in [1.29, 1.82) is 0 Å². The Bertz CT molecular complexity index is 822. The van der Waals surface area contributed by atoms with E-state index < -0.39 is 11.7 Å². The first-order valence-corrected chi connectivity index (χ1v) is 8.52. The van der Waals surface area contributed by atoms with E-state index in [2.05, 4.69) is 5.32 Å². The minimum atomic E-state index is -0.560. The molecule has 0 unspecified atom stereocenters. The molecule has 2 rings (SSSR count). The maximum absolute atomic E-state index is 12.4. The van der Waals surface area contributed by atoms with E-state index >= 15 is 0 Å². The van der Waals surface area contributed by atoms with Gasteiger partial charge in [0.25, 0.3) is 0 Å². The number of hydrogen-bond donors (Lipinski definition) is 1. The van der Waals surface area contributed by atoms with Crippen LogP contribution in [0.25, 0.3) is 11.1 Å². The van der Waals surface area contributed by atoms with E-state index in [9.17, 15) is 9.59 Å². The Morgan fingerprint density at radius 1 is 1.08 bits per heavy atom. The molecule has 0 bridgehead atoms. The van der Waals surface area contributed by atoms with Crippen molar-refractivity contribution in [2.45, 2.75) is 40.2 Å².